The van der Waals surface area contributed by atoms with Gasteiger partial charge in [0.25, 0.3) is 0 Å². The van der Waals surface area contributed by atoms with Crippen molar-refractivity contribution in [3.63, 3.8) is 0 Å². The fourth-order valence-corrected chi connectivity index (χ4v) is 6.14. The van der Waals surface area contributed by atoms with Crippen molar-refractivity contribution in [2.24, 2.45) is 11.8 Å². The third kappa shape index (κ3) is 6.40. The lowest BCUT2D eigenvalue weighted by Crippen LogP contribution is -2.48. The first kappa shape index (κ1) is 26.7. The van der Waals surface area contributed by atoms with Crippen molar-refractivity contribution in [2.45, 2.75) is 97.2 Å². The molecule has 3 atom stereocenters. The summed E-state index contributed by atoms with van der Waals surface area (Å²) in [7, 11) is -1.73. The van der Waals surface area contributed by atoms with Gasteiger partial charge in [0.2, 0.25) is 0 Å². The van der Waals surface area contributed by atoms with Gasteiger partial charge < -0.3 is 19.4 Å². The van der Waals surface area contributed by atoms with Gasteiger partial charge in [0.05, 0.1) is 19.3 Å². The Morgan fingerprint density at radius 2 is 1.91 bits per heavy atom. The molecular weight excluding hydrogens is 430 g/mol. The second kappa shape index (κ2) is 10.8. The molecule has 0 bridgehead atoms. The monoisotopic (exact) mass is 477 g/mol. The van der Waals surface area contributed by atoms with Crippen LogP contribution in [0.25, 0.3) is 0 Å². The Kier molecular flexibility index (Phi) is 8.71. The average Bonchev–Trinajstić information content (AvgIpc) is 2.72. The molecule has 33 heavy (non-hydrogen) atoms. The van der Waals surface area contributed by atoms with Gasteiger partial charge in [-0.05, 0) is 72.5 Å². The van der Waals surface area contributed by atoms with Crippen LogP contribution in [0.3, 0.4) is 0 Å². The standard InChI is InChI=1S/C27H47NO4Si/c1-19(2)13-21-17-28-10-9-20-15-26(22(18-29)14-23(20)24(28)16-25(21)30)31-11-8-12-32-33(6,7)27(3,4)5/h14-15,19,21,24-25,29-30H,8-13,16-18H2,1-7H3/t21-,24-,25?/m1/s1. The van der Waals surface area contributed by atoms with Crippen molar-refractivity contribution < 1.29 is 19.4 Å². The quantitative estimate of drug-likeness (QED) is 0.373. The highest BCUT2D eigenvalue weighted by Crippen LogP contribution is 2.42. The summed E-state index contributed by atoms with van der Waals surface area (Å²) in [5, 5.41) is 21.1. The number of nitrogens with zero attached hydrogens (tertiary/aromatic N) is 1. The summed E-state index contributed by atoms with van der Waals surface area (Å²) < 4.78 is 12.4. The number of piperidine rings is 1. The van der Waals surface area contributed by atoms with Gasteiger partial charge in [-0.1, -0.05) is 34.6 Å². The second-order valence-corrected chi connectivity index (χ2v) is 16.9. The van der Waals surface area contributed by atoms with Crippen LogP contribution in [-0.4, -0.2) is 55.8 Å². The van der Waals surface area contributed by atoms with E-state index in [0.717, 1.165) is 50.1 Å². The van der Waals surface area contributed by atoms with E-state index in [1.54, 1.807) is 0 Å². The first-order valence-electron chi connectivity index (χ1n) is 12.9. The zero-order chi connectivity index (χ0) is 24.4. The van der Waals surface area contributed by atoms with Crippen molar-refractivity contribution in [1.82, 2.24) is 4.90 Å². The van der Waals surface area contributed by atoms with Gasteiger partial charge >= 0.3 is 0 Å². The van der Waals surface area contributed by atoms with Crippen LogP contribution in [0.4, 0.5) is 0 Å². The van der Waals surface area contributed by atoms with Crippen LogP contribution in [0.2, 0.25) is 18.1 Å². The maximum absolute atomic E-state index is 10.8. The molecule has 3 rings (SSSR count). The number of fused-ring (bicyclic) bond motifs is 3. The van der Waals surface area contributed by atoms with Gasteiger partial charge in [-0.3, -0.25) is 4.90 Å². The average molecular weight is 478 g/mol. The summed E-state index contributed by atoms with van der Waals surface area (Å²) in [4.78, 5) is 2.54. The van der Waals surface area contributed by atoms with Crippen molar-refractivity contribution in [3.05, 3.63) is 28.8 Å². The molecule has 1 fully saturated rings. The van der Waals surface area contributed by atoms with Crippen molar-refractivity contribution in [2.75, 3.05) is 26.3 Å². The van der Waals surface area contributed by atoms with Crippen molar-refractivity contribution in [1.29, 1.82) is 0 Å². The molecule has 5 nitrogen and oxygen atoms in total. The summed E-state index contributed by atoms with van der Waals surface area (Å²) in [6.07, 6.45) is 3.43. The Hall–Kier alpha value is -0.923. The summed E-state index contributed by atoms with van der Waals surface area (Å²) in [5.74, 6) is 1.76. The molecule has 2 N–H and O–H groups in total. The van der Waals surface area contributed by atoms with Gasteiger partial charge in [0.1, 0.15) is 5.75 Å². The number of aliphatic hydroxyl groups is 2. The highest BCUT2D eigenvalue weighted by atomic mass is 28.4. The zero-order valence-corrected chi connectivity index (χ0v) is 23.0. The Labute approximate surface area is 202 Å². The van der Waals surface area contributed by atoms with Gasteiger partial charge in [-0.15, -0.1) is 0 Å². The highest BCUT2D eigenvalue weighted by molar-refractivity contribution is 6.74. The maximum atomic E-state index is 10.8. The number of rotatable bonds is 9. The smallest absolute Gasteiger partial charge is 0.191 e. The van der Waals surface area contributed by atoms with Gasteiger partial charge in [0.15, 0.2) is 8.32 Å². The Balaban J connectivity index is 1.63. The largest absolute Gasteiger partial charge is 0.493 e. The topological polar surface area (TPSA) is 62.2 Å². The lowest BCUT2D eigenvalue weighted by Gasteiger charge is -2.46. The zero-order valence-electron chi connectivity index (χ0n) is 22.0. The maximum Gasteiger partial charge on any atom is 0.191 e. The molecule has 1 aromatic rings. The van der Waals surface area contributed by atoms with E-state index in [4.69, 9.17) is 9.16 Å². The number of aliphatic hydroxyl groups excluding tert-OH is 2. The van der Waals surface area contributed by atoms with E-state index >= 15 is 0 Å². The van der Waals surface area contributed by atoms with Crippen LogP contribution < -0.4 is 4.74 Å². The molecule has 2 aliphatic rings. The van der Waals surface area contributed by atoms with Crippen LogP contribution in [0.15, 0.2) is 12.1 Å². The molecule has 0 aliphatic carbocycles. The van der Waals surface area contributed by atoms with Crippen LogP contribution in [0.5, 0.6) is 5.75 Å². The lowest BCUT2D eigenvalue weighted by molar-refractivity contribution is -0.0191. The minimum atomic E-state index is -1.73. The second-order valence-electron chi connectivity index (χ2n) is 12.1. The molecule has 0 spiro atoms. The number of hydrogen-bond acceptors (Lipinski definition) is 5. The predicted molar refractivity (Wildman–Crippen MR) is 137 cm³/mol. The molecule has 0 saturated carbocycles. The first-order valence-corrected chi connectivity index (χ1v) is 15.8. The van der Waals surface area contributed by atoms with E-state index in [9.17, 15) is 10.2 Å². The van der Waals surface area contributed by atoms with Crippen LogP contribution in [0, 0.1) is 11.8 Å². The van der Waals surface area contributed by atoms with Crippen LogP contribution in [-0.2, 0) is 17.5 Å². The van der Waals surface area contributed by atoms with Crippen LogP contribution >= 0.6 is 0 Å². The summed E-state index contributed by atoms with van der Waals surface area (Å²) in [5.41, 5.74) is 3.41. The van der Waals surface area contributed by atoms with Crippen molar-refractivity contribution >= 4 is 8.32 Å². The molecule has 0 aromatic heterocycles. The van der Waals surface area contributed by atoms with E-state index in [1.807, 2.05) is 0 Å². The third-order valence-electron chi connectivity index (χ3n) is 8.03. The molecule has 1 aromatic carbocycles. The Morgan fingerprint density at radius 1 is 1.18 bits per heavy atom. The number of benzene rings is 1. The Bertz CT molecular complexity index is 789. The summed E-state index contributed by atoms with van der Waals surface area (Å²) in [6.45, 7) is 19.0. The fourth-order valence-electron chi connectivity index (χ4n) is 5.05. The normalized spacial score (nSPS) is 24.0. The molecule has 0 amide bonds. The lowest BCUT2D eigenvalue weighted by atomic mass is 9.79. The molecule has 188 valence electrons. The number of ether oxygens (including phenoxy) is 1. The van der Waals surface area contributed by atoms with Gasteiger partial charge in [-0.2, -0.15) is 0 Å². The first-order chi connectivity index (χ1) is 15.4. The highest BCUT2D eigenvalue weighted by Gasteiger charge is 2.39. The van der Waals surface area contributed by atoms with E-state index < -0.39 is 8.32 Å². The summed E-state index contributed by atoms with van der Waals surface area (Å²) >= 11 is 0. The molecule has 2 aliphatic heterocycles. The van der Waals surface area contributed by atoms with E-state index in [1.165, 1.54) is 11.1 Å². The molecule has 0 radical (unpaired) electrons. The molecular formula is C27H47NO4Si. The molecule has 1 unspecified atom stereocenters. The predicted octanol–water partition coefficient (Wildman–Crippen LogP) is 5.30. The molecule has 2 heterocycles. The van der Waals surface area contributed by atoms with Gasteiger partial charge in [-0.25, -0.2) is 0 Å². The molecule has 6 heteroatoms. The molecule has 1 saturated heterocycles. The summed E-state index contributed by atoms with van der Waals surface area (Å²) in [6, 6.07) is 4.51. The fraction of sp³-hybridized carbons (Fsp3) is 0.778. The van der Waals surface area contributed by atoms with E-state index in [2.05, 4.69) is 64.7 Å². The SMILES string of the molecule is CC(C)C[C@@H]1CN2CCc3cc(OCCCO[Si](C)(C)C(C)(C)C)c(CO)cc3[C@H]2CC1O. The van der Waals surface area contributed by atoms with Gasteiger partial charge in [0, 0.05) is 37.7 Å². The van der Waals surface area contributed by atoms with Crippen LogP contribution in [0.1, 0.15) is 76.6 Å². The van der Waals surface area contributed by atoms with E-state index in [0.29, 0.717) is 25.0 Å². The van der Waals surface area contributed by atoms with E-state index in [-0.39, 0.29) is 23.8 Å². The minimum absolute atomic E-state index is 0.0334. The van der Waals surface area contributed by atoms with Crippen molar-refractivity contribution in [3.8, 4) is 5.75 Å². The number of hydrogen-bond donors (Lipinski definition) is 2. The minimum Gasteiger partial charge on any atom is -0.493 e. The Morgan fingerprint density at radius 3 is 2.55 bits per heavy atom. The third-order valence-corrected chi connectivity index (χ3v) is 12.6.